The fourth-order valence-electron chi connectivity index (χ4n) is 1.85. The van der Waals surface area contributed by atoms with Crippen molar-refractivity contribution in [2.45, 2.75) is 6.92 Å². The van der Waals surface area contributed by atoms with Gasteiger partial charge in [0.25, 0.3) is 0 Å². The summed E-state index contributed by atoms with van der Waals surface area (Å²) in [5.41, 5.74) is 2.20. The molecule has 6 nitrogen and oxygen atoms in total. The van der Waals surface area contributed by atoms with Crippen LogP contribution in [0.5, 0.6) is 0 Å². The molecule has 0 amide bonds. The maximum Gasteiger partial charge on any atom is 0.358 e. The van der Waals surface area contributed by atoms with Gasteiger partial charge >= 0.3 is 5.97 Å². The van der Waals surface area contributed by atoms with E-state index < -0.39 is 5.97 Å². The second kappa shape index (κ2) is 4.86. The number of carboxylic acids is 1. The second-order valence-corrected chi connectivity index (χ2v) is 5.06. The van der Waals surface area contributed by atoms with Crippen LogP contribution in [0.2, 0.25) is 0 Å². The van der Waals surface area contributed by atoms with Crippen LogP contribution in [0.4, 0.5) is 0 Å². The Morgan fingerprint density at radius 2 is 2.05 bits per heavy atom. The quantitative estimate of drug-likeness (QED) is 0.799. The van der Waals surface area contributed by atoms with Crippen molar-refractivity contribution in [3.8, 4) is 16.4 Å². The molecule has 7 heteroatoms. The van der Waals surface area contributed by atoms with Gasteiger partial charge in [0.15, 0.2) is 5.69 Å². The van der Waals surface area contributed by atoms with Crippen LogP contribution in [-0.2, 0) is 0 Å². The summed E-state index contributed by atoms with van der Waals surface area (Å²) >= 11 is 1.37. The van der Waals surface area contributed by atoms with Gasteiger partial charge in [0.1, 0.15) is 5.69 Å². The Bertz CT molecular complexity index is 747. The first-order valence-electron chi connectivity index (χ1n) is 5.82. The minimum Gasteiger partial charge on any atom is -0.476 e. The average molecular weight is 286 g/mol. The summed E-state index contributed by atoms with van der Waals surface area (Å²) in [5.74, 6) is -1.11. The zero-order valence-corrected chi connectivity index (χ0v) is 11.3. The van der Waals surface area contributed by atoms with Crippen LogP contribution >= 0.6 is 11.3 Å². The Labute approximate surface area is 118 Å². The molecular weight excluding hydrogens is 276 g/mol. The SMILES string of the molecule is Cc1ccc(-c2c(C(=O)O)nnn2-c2nccs2)cc1. The lowest BCUT2D eigenvalue weighted by Gasteiger charge is -2.04. The van der Waals surface area contributed by atoms with Gasteiger partial charge in [-0.05, 0) is 6.92 Å². The van der Waals surface area contributed by atoms with Crippen molar-refractivity contribution in [3.63, 3.8) is 0 Å². The number of hydrogen-bond donors (Lipinski definition) is 1. The fraction of sp³-hybridized carbons (Fsp3) is 0.0769. The molecule has 0 atom stereocenters. The summed E-state index contributed by atoms with van der Waals surface area (Å²) in [5, 5.41) is 19.3. The van der Waals surface area contributed by atoms with Crippen molar-refractivity contribution in [1.82, 2.24) is 20.0 Å². The molecule has 0 saturated carbocycles. The van der Waals surface area contributed by atoms with Crippen molar-refractivity contribution in [2.75, 3.05) is 0 Å². The average Bonchev–Trinajstić information content (AvgIpc) is 3.08. The van der Waals surface area contributed by atoms with Crippen molar-refractivity contribution < 1.29 is 9.90 Å². The van der Waals surface area contributed by atoms with E-state index in [9.17, 15) is 9.90 Å². The highest BCUT2D eigenvalue weighted by molar-refractivity contribution is 7.12. The highest BCUT2D eigenvalue weighted by atomic mass is 32.1. The number of thiazole rings is 1. The third-order valence-electron chi connectivity index (χ3n) is 2.80. The van der Waals surface area contributed by atoms with Gasteiger partial charge in [-0.25, -0.2) is 9.78 Å². The standard InChI is InChI=1S/C13H10N4O2S/c1-8-2-4-9(5-3-8)11-10(12(18)19)15-16-17(11)13-14-6-7-20-13/h2-7H,1H3,(H,18,19). The van der Waals surface area contributed by atoms with Crippen molar-refractivity contribution in [3.05, 3.63) is 47.1 Å². The monoisotopic (exact) mass is 286 g/mol. The van der Waals surface area contributed by atoms with Gasteiger partial charge in [-0.2, -0.15) is 4.68 Å². The lowest BCUT2D eigenvalue weighted by Crippen LogP contribution is -2.02. The van der Waals surface area contributed by atoms with E-state index in [4.69, 9.17) is 0 Å². The highest BCUT2D eigenvalue weighted by Crippen LogP contribution is 2.26. The normalized spacial score (nSPS) is 10.7. The molecule has 3 rings (SSSR count). The van der Waals surface area contributed by atoms with E-state index in [1.165, 1.54) is 16.0 Å². The summed E-state index contributed by atoms with van der Waals surface area (Å²) in [7, 11) is 0. The van der Waals surface area contributed by atoms with Gasteiger partial charge in [-0.15, -0.1) is 16.4 Å². The van der Waals surface area contributed by atoms with Crippen molar-refractivity contribution in [1.29, 1.82) is 0 Å². The molecule has 2 aromatic heterocycles. The molecule has 0 saturated heterocycles. The molecule has 3 aromatic rings. The molecule has 0 aliphatic heterocycles. The number of aromatic carboxylic acids is 1. The topological polar surface area (TPSA) is 80.9 Å². The first kappa shape index (κ1) is 12.5. The van der Waals surface area contributed by atoms with Crippen LogP contribution in [-0.4, -0.2) is 31.1 Å². The van der Waals surface area contributed by atoms with E-state index in [1.54, 1.807) is 11.6 Å². The van der Waals surface area contributed by atoms with Crippen LogP contribution in [0.15, 0.2) is 35.8 Å². The molecule has 0 aliphatic rings. The van der Waals surface area contributed by atoms with E-state index in [1.807, 2.05) is 31.2 Å². The highest BCUT2D eigenvalue weighted by Gasteiger charge is 2.22. The predicted octanol–water partition coefficient (Wildman–Crippen LogP) is 2.40. The molecule has 20 heavy (non-hydrogen) atoms. The van der Waals surface area contributed by atoms with Crippen molar-refractivity contribution >= 4 is 17.3 Å². The number of aryl methyl sites for hydroxylation is 1. The van der Waals surface area contributed by atoms with Gasteiger partial charge in [0, 0.05) is 17.1 Å². The second-order valence-electron chi connectivity index (χ2n) is 4.18. The Morgan fingerprint density at radius 1 is 1.30 bits per heavy atom. The maximum atomic E-state index is 11.3. The molecule has 0 unspecified atom stereocenters. The summed E-state index contributed by atoms with van der Waals surface area (Å²) in [6.07, 6.45) is 1.64. The first-order chi connectivity index (χ1) is 9.66. The number of carboxylic acid groups (broad SMARTS) is 1. The molecule has 0 radical (unpaired) electrons. The Kier molecular flexibility index (Phi) is 3.03. The Balaban J connectivity index is 2.23. The van der Waals surface area contributed by atoms with Crippen LogP contribution in [0.1, 0.15) is 16.1 Å². The van der Waals surface area contributed by atoms with Gasteiger partial charge in [-0.3, -0.25) is 0 Å². The lowest BCUT2D eigenvalue weighted by atomic mass is 10.1. The van der Waals surface area contributed by atoms with Crippen LogP contribution in [0.3, 0.4) is 0 Å². The maximum absolute atomic E-state index is 11.3. The number of benzene rings is 1. The first-order valence-corrected chi connectivity index (χ1v) is 6.70. The largest absolute Gasteiger partial charge is 0.476 e. The zero-order chi connectivity index (χ0) is 14.1. The van der Waals surface area contributed by atoms with Crippen LogP contribution < -0.4 is 0 Å². The van der Waals surface area contributed by atoms with Gasteiger partial charge < -0.3 is 5.11 Å². The van der Waals surface area contributed by atoms with Gasteiger partial charge in [-0.1, -0.05) is 35.0 Å². The number of nitrogens with zero attached hydrogens (tertiary/aromatic N) is 4. The molecular formula is C13H10N4O2S. The molecule has 1 aromatic carbocycles. The molecule has 100 valence electrons. The molecule has 0 fully saturated rings. The molecule has 1 N–H and O–H groups in total. The molecule has 0 bridgehead atoms. The molecule has 0 spiro atoms. The summed E-state index contributed by atoms with van der Waals surface area (Å²) in [6.45, 7) is 1.97. The number of aromatic nitrogens is 4. The van der Waals surface area contributed by atoms with E-state index in [2.05, 4.69) is 15.3 Å². The fourth-order valence-corrected chi connectivity index (χ4v) is 2.44. The Morgan fingerprint density at radius 3 is 2.65 bits per heavy atom. The van der Waals surface area contributed by atoms with E-state index >= 15 is 0 Å². The minimum atomic E-state index is -1.11. The number of hydrogen-bond acceptors (Lipinski definition) is 5. The van der Waals surface area contributed by atoms with E-state index in [0.29, 0.717) is 10.8 Å². The predicted molar refractivity (Wildman–Crippen MR) is 74.2 cm³/mol. The third-order valence-corrected chi connectivity index (χ3v) is 3.55. The minimum absolute atomic E-state index is 0.0796. The third kappa shape index (κ3) is 2.08. The number of carbonyl (C=O) groups is 1. The summed E-state index contributed by atoms with van der Waals surface area (Å²) < 4.78 is 1.46. The van der Waals surface area contributed by atoms with E-state index in [0.717, 1.165) is 11.1 Å². The lowest BCUT2D eigenvalue weighted by molar-refractivity contribution is 0.0691. The number of rotatable bonds is 3. The summed E-state index contributed by atoms with van der Waals surface area (Å²) in [4.78, 5) is 15.5. The van der Waals surface area contributed by atoms with Crippen LogP contribution in [0.25, 0.3) is 16.4 Å². The molecule has 0 aliphatic carbocycles. The smallest absolute Gasteiger partial charge is 0.358 e. The van der Waals surface area contributed by atoms with Crippen LogP contribution in [0, 0.1) is 6.92 Å². The zero-order valence-electron chi connectivity index (χ0n) is 10.5. The van der Waals surface area contributed by atoms with Gasteiger partial charge in [0.05, 0.1) is 0 Å². The summed E-state index contributed by atoms with van der Waals surface area (Å²) in [6, 6.07) is 7.54. The van der Waals surface area contributed by atoms with Crippen molar-refractivity contribution in [2.24, 2.45) is 0 Å². The van der Waals surface area contributed by atoms with Gasteiger partial charge in [0.2, 0.25) is 5.13 Å². The molecule has 2 heterocycles. The van der Waals surface area contributed by atoms with E-state index in [-0.39, 0.29) is 5.69 Å². The Hall–Kier alpha value is -2.54.